The molecule has 1 aromatic rings. The fourth-order valence-electron chi connectivity index (χ4n) is 11.2. The van der Waals surface area contributed by atoms with Gasteiger partial charge in [-0.15, -0.1) is 0 Å². The van der Waals surface area contributed by atoms with Crippen LogP contribution >= 0.6 is 0 Å². The highest BCUT2D eigenvalue weighted by atomic mass is 14.4. The van der Waals surface area contributed by atoms with Crippen molar-refractivity contribution in [3.05, 3.63) is 270 Å². The summed E-state index contributed by atoms with van der Waals surface area (Å²) < 4.78 is 0. The summed E-state index contributed by atoms with van der Waals surface area (Å²) in [5.41, 5.74) is 28.1. The molecule has 252 valence electrons. The monoisotopic (exact) mass is 684 g/mol. The van der Waals surface area contributed by atoms with E-state index in [1.165, 1.54) is 111 Å². The topological polar surface area (TPSA) is 0 Å². The van der Waals surface area contributed by atoms with Crippen molar-refractivity contribution in [2.24, 2.45) is 17.8 Å². The van der Waals surface area contributed by atoms with Crippen molar-refractivity contribution in [1.29, 1.82) is 0 Å². The molecule has 0 aliphatic heterocycles. The van der Waals surface area contributed by atoms with E-state index >= 15 is 0 Å². The largest absolute Gasteiger partial charge is 0.0795 e. The van der Waals surface area contributed by atoms with Gasteiger partial charge in [0.15, 0.2) is 0 Å². The van der Waals surface area contributed by atoms with Crippen molar-refractivity contribution < 1.29 is 0 Å². The fraction of sp³-hybridized carbons (Fsp3) is 0.111. The number of benzene rings is 1. The first-order valence-electron chi connectivity index (χ1n) is 19.7. The van der Waals surface area contributed by atoms with Crippen LogP contribution in [0.5, 0.6) is 0 Å². The molecule has 0 fully saturated rings. The molecule has 13 rings (SSSR count). The van der Waals surface area contributed by atoms with Crippen LogP contribution in [0.2, 0.25) is 0 Å². The number of allylic oxidation sites excluding steroid dienone is 42. The van der Waals surface area contributed by atoms with E-state index in [0.717, 1.165) is 12.8 Å². The van der Waals surface area contributed by atoms with Gasteiger partial charge in [0, 0.05) is 23.7 Å². The third-order valence-corrected chi connectivity index (χ3v) is 13.6. The fourth-order valence-corrected chi connectivity index (χ4v) is 11.2. The summed E-state index contributed by atoms with van der Waals surface area (Å²) in [7, 11) is 0. The van der Waals surface area contributed by atoms with Crippen LogP contribution in [-0.2, 0) is 0 Å². The quantitative estimate of drug-likeness (QED) is 0.297. The maximum Gasteiger partial charge on any atom is 0.0354 e. The van der Waals surface area contributed by atoms with Gasteiger partial charge >= 0.3 is 0 Å². The molecule has 0 aromatic heterocycles. The Kier molecular flexibility index (Phi) is 5.78. The van der Waals surface area contributed by atoms with Crippen LogP contribution < -0.4 is 0 Å². The van der Waals surface area contributed by atoms with Gasteiger partial charge < -0.3 is 0 Å². The minimum absolute atomic E-state index is 0.165. The summed E-state index contributed by atoms with van der Waals surface area (Å²) in [5.74, 6) is 1.10. The summed E-state index contributed by atoms with van der Waals surface area (Å²) in [5, 5.41) is 0. The molecule has 0 radical (unpaired) electrons. The Bertz CT molecular complexity index is 2830. The molecule has 4 unspecified atom stereocenters. The van der Waals surface area contributed by atoms with Crippen molar-refractivity contribution in [3.8, 4) is 0 Å². The third-order valence-electron chi connectivity index (χ3n) is 13.6. The Morgan fingerprint density at radius 2 is 1.13 bits per heavy atom. The molecule has 0 heterocycles. The number of hydrogen-bond acceptors (Lipinski definition) is 0. The van der Waals surface area contributed by atoms with Crippen LogP contribution in [0.25, 0.3) is 11.1 Å². The summed E-state index contributed by atoms with van der Waals surface area (Å²) >= 11 is 0. The van der Waals surface area contributed by atoms with Gasteiger partial charge in [-0.1, -0.05) is 164 Å². The first-order valence-corrected chi connectivity index (χ1v) is 19.7. The zero-order valence-electron chi connectivity index (χ0n) is 29.9. The van der Waals surface area contributed by atoms with Gasteiger partial charge in [-0.2, -0.15) is 0 Å². The van der Waals surface area contributed by atoms with Crippen LogP contribution in [0.1, 0.15) is 35.4 Å². The average molecular weight is 685 g/mol. The van der Waals surface area contributed by atoms with E-state index in [4.69, 9.17) is 0 Å². The lowest BCUT2D eigenvalue weighted by atomic mass is 9.65. The van der Waals surface area contributed by atoms with E-state index < -0.39 is 0 Å². The molecule has 12 aliphatic rings. The lowest BCUT2D eigenvalue weighted by Gasteiger charge is -2.38. The minimum atomic E-state index is 0.165. The van der Waals surface area contributed by atoms with Gasteiger partial charge in [-0.25, -0.2) is 0 Å². The highest BCUT2D eigenvalue weighted by Gasteiger charge is 2.38. The van der Waals surface area contributed by atoms with Gasteiger partial charge in [-0.3, -0.25) is 0 Å². The van der Waals surface area contributed by atoms with E-state index in [-0.39, 0.29) is 11.8 Å². The van der Waals surface area contributed by atoms with E-state index in [1.54, 1.807) is 0 Å². The molecule has 4 atom stereocenters. The SMILES string of the molecule is C1=CC2=CC=C3CC=C(c4cc(C5=C6C=CC7=C8C(=CC=C(C=C5)C68)CC=C7)cc(C5C=CC6=CC=C7C=CC=C8C=CC5=C6C87)c4)C4=C3C2C(=C1)C=C4. The molecule has 1 aromatic carbocycles. The second-order valence-corrected chi connectivity index (χ2v) is 16.2. The molecule has 12 aliphatic carbocycles. The molecule has 0 saturated heterocycles. The maximum atomic E-state index is 2.53. The molecule has 0 amide bonds. The summed E-state index contributed by atoms with van der Waals surface area (Å²) in [6.07, 6.45) is 60.9. The Morgan fingerprint density at radius 3 is 1.98 bits per heavy atom. The molecule has 0 N–H and O–H groups in total. The molecule has 0 bridgehead atoms. The second kappa shape index (κ2) is 10.7. The van der Waals surface area contributed by atoms with Crippen LogP contribution in [0.3, 0.4) is 0 Å². The van der Waals surface area contributed by atoms with Crippen LogP contribution in [0.4, 0.5) is 0 Å². The molecular weight excluding hydrogens is 649 g/mol. The first-order chi connectivity index (χ1) is 26.7. The highest BCUT2D eigenvalue weighted by molar-refractivity contribution is 5.92. The standard InChI is InChI=1S/C54H36/c1-4-31-10-13-37-16-22-43(46-25-19-34(7-1)49(31)52(37)46)40-28-41(44-23-17-38-14-11-32-5-2-8-35-20-26-47(44)53(38)50(32)35)30-42(29-40)45-24-18-39-15-12-33-6-3-9-36-21-27-48(45)54(39)51(33)36/h1-5,7-16,18-30,43,49-50,54H,6,17H2. The molecule has 0 saturated carbocycles. The zero-order chi connectivity index (χ0) is 35.1. The van der Waals surface area contributed by atoms with Gasteiger partial charge in [0.2, 0.25) is 0 Å². The number of hydrogen-bond donors (Lipinski definition) is 0. The molecule has 0 nitrogen and oxygen atoms in total. The first kappa shape index (κ1) is 29.2. The van der Waals surface area contributed by atoms with Gasteiger partial charge in [0.25, 0.3) is 0 Å². The summed E-state index contributed by atoms with van der Waals surface area (Å²) in [6.45, 7) is 0. The Morgan fingerprint density at radius 1 is 0.444 bits per heavy atom. The predicted octanol–water partition coefficient (Wildman–Crippen LogP) is 12.4. The zero-order valence-corrected chi connectivity index (χ0v) is 29.9. The van der Waals surface area contributed by atoms with Crippen molar-refractivity contribution in [3.63, 3.8) is 0 Å². The lowest BCUT2D eigenvalue weighted by Crippen LogP contribution is -2.23. The molecule has 0 heteroatoms. The van der Waals surface area contributed by atoms with E-state index in [1.807, 2.05) is 0 Å². The smallest absolute Gasteiger partial charge is 0.0354 e. The van der Waals surface area contributed by atoms with Crippen molar-refractivity contribution in [1.82, 2.24) is 0 Å². The highest BCUT2D eigenvalue weighted by Crippen LogP contribution is 2.54. The number of rotatable bonds is 3. The van der Waals surface area contributed by atoms with Crippen molar-refractivity contribution in [2.75, 3.05) is 0 Å². The van der Waals surface area contributed by atoms with Gasteiger partial charge in [0.1, 0.15) is 0 Å². The van der Waals surface area contributed by atoms with Crippen LogP contribution in [0.15, 0.2) is 254 Å². The summed E-state index contributed by atoms with van der Waals surface area (Å²) in [6, 6.07) is 7.57. The summed E-state index contributed by atoms with van der Waals surface area (Å²) in [4.78, 5) is 0. The van der Waals surface area contributed by atoms with Gasteiger partial charge in [0.05, 0.1) is 0 Å². The molecule has 0 spiro atoms. The van der Waals surface area contributed by atoms with Gasteiger partial charge in [-0.05, 0) is 130 Å². The van der Waals surface area contributed by atoms with Crippen LogP contribution in [-0.4, -0.2) is 0 Å². The van der Waals surface area contributed by atoms with Crippen molar-refractivity contribution in [2.45, 2.75) is 18.8 Å². The Balaban J connectivity index is 1.01. The van der Waals surface area contributed by atoms with Crippen LogP contribution in [0, 0.1) is 17.8 Å². The lowest BCUT2D eigenvalue weighted by molar-refractivity contribution is 0.813. The van der Waals surface area contributed by atoms with E-state index in [2.05, 4.69) is 170 Å². The average Bonchev–Trinajstić information content (AvgIpc) is 3.23. The maximum absolute atomic E-state index is 2.53. The van der Waals surface area contributed by atoms with E-state index in [9.17, 15) is 0 Å². The predicted molar refractivity (Wildman–Crippen MR) is 223 cm³/mol. The van der Waals surface area contributed by atoms with E-state index in [0.29, 0.717) is 11.8 Å². The normalized spacial score (nSPS) is 29.1. The van der Waals surface area contributed by atoms with Crippen molar-refractivity contribution >= 4 is 11.1 Å². The Hall–Kier alpha value is -6.24. The third kappa shape index (κ3) is 3.93. The molecule has 54 heavy (non-hydrogen) atoms. The minimum Gasteiger partial charge on any atom is -0.0795 e. The molecular formula is C54H36. The Labute approximate surface area is 316 Å². The second-order valence-electron chi connectivity index (χ2n) is 16.2.